The second-order valence-corrected chi connectivity index (χ2v) is 11.6. The molecule has 42 heavy (non-hydrogen) atoms. The standard InChI is InChI=1S/C33H43BN4O2.C2H6/c1-7-25-17-27(30-20-35(5)33(39)23(3)22(30)2)18-32(40-6)31(25)21-37-15-13-36(14-16-37)19-26-9-8-10-28-24(4)38(34)12-11-29(26)28;1-2/h8-10,17-18,20,24H,7,11-16,19,21H2,1-6H3;1-2H3. The Kier molecular flexibility index (Phi) is 10.7. The van der Waals surface area contributed by atoms with Crippen LogP contribution in [0.3, 0.4) is 0 Å². The van der Waals surface area contributed by atoms with E-state index in [0.29, 0.717) is 0 Å². The number of hydrogen-bond acceptors (Lipinski definition) is 5. The molecule has 0 spiro atoms. The molecule has 0 amide bonds. The summed E-state index contributed by atoms with van der Waals surface area (Å²) in [4.78, 5) is 19.5. The summed E-state index contributed by atoms with van der Waals surface area (Å²) in [6.07, 6.45) is 3.91. The molecule has 6 nitrogen and oxygen atoms in total. The predicted octanol–water partition coefficient (Wildman–Crippen LogP) is 5.59. The number of aryl methyl sites for hydroxylation is 2. The van der Waals surface area contributed by atoms with Gasteiger partial charge in [-0.3, -0.25) is 14.6 Å². The van der Waals surface area contributed by atoms with E-state index in [1.54, 1.807) is 11.7 Å². The number of piperazine rings is 1. The zero-order valence-corrected chi connectivity index (χ0v) is 27.1. The lowest BCUT2D eigenvalue weighted by atomic mass is 9.88. The molecular weight excluding hydrogens is 519 g/mol. The average Bonchev–Trinajstić information content (AvgIpc) is 3.02. The summed E-state index contributed by atoms with van der Waals surface area (Å²) < 4.78 is 7.65. The Labute approximate surface area is 254 Å². The highest BCUT2D eigenvalue weighted by molar-refractivity contribution is 6.04. The maximum Gasteiger partial charge on any atom is 0.253 e. The molecule has 1 fully saturated rings. The second kappa shape index (κ2) is 14.1. The molecule has 2 aliphatic rings. The molecule has 3 aromatic rings. The first-order chi connectivity index (χ1) is 20.2. The summed E-state index contributed by atoms with van der Waals surface area (Å²) in [5.41, 5.74) is 11.0. The fourth-order valence-electron chi connectivity index (χ4n) is 6.48. The van der Waals surface area contributed by atoms with Crippen molar-refractivity contribution in [3.8, 4) is 16.9 Å². The van der Waals surface area contributed by atoms with Crippen LogP contribution in [0.25, 0.3) is 11.1 Å². The molecule has 1 unspecified atom stereocenters. The van der Waals surface area contributed by atoms with Crippen LogP contribution in [-0.4, -0.2) is 67.0 Å². The highest BCUT2D eigenvalue weighted by Crippen LogP contribution is 2.34. The van der Waals surface area contributed by atoms with Crippen LogP contribution >= 0.6 is 0 Å². The molecule has 224 valence electrons. The first kappa shape index (κ1) is 32.1. The monoisotopic (exact) mass is 568 g/mol. The zero-order valence-electron chi connectivity index (χ0n) is 27.1. The first-order valence-corrected chi connectivity index (χ1v) is 15.7. The third kappa shape index (κ3) is 6.54. The smallest absolute Gasteiger partial charge is 0.253 e. The summed E-state index contributed by atoms with van der Waals surface area (Å²) in [7, 11) is 9.80. The van der Waals surface area contributed by atoms with E-state index in [9.17, 15) is 4.79 Å². The van der Waals surface area contributed by atoms with E-state index >= 15 is 0 Å². The second-order valence-electron chi connectivity index (χ2n) is 11.6. The van der Waals surface area contributed by atoms with Crippen LogP contribution in [-0.2, 0) is 33.0 Å². The minimum atomic E-state index is 0.0589. The van der Waals surface area contributed by atoms with Crippen molar-refractivity contribution < 1.29 is 4.74 Å². The van der Waals surface area contributed by atoms with Gasteiger partial charge in [0.05, 0.1) is 7.11 Å². The van der Waals surface area contributed by atoms with Gasteiger partial charge in [0.2, 0.25) is 0 Å². The highest BCUT2D eigenvalue weighted by Gasteiger charge is 2.25. The number of ether oxygens (including phenoxy) is 1. The van der Waals surface area contributed by atoms with Crippen molar-refractivity contribution in [2.24, 2.45) is 7.05 Å². The van der Waals surface area contributed by atoms with Crippen LogP contribution in [0.4, 0.5) is 0 Å². The molecule has 1 atom stereocenters. The molecule has 2 aromatic carbocycles. The lowest BCUT2D eigenvalue weighted by molar-refractivity contribution is 0.120. The molecule has 3 heterocycles. The molecule has 0 saturated carbocycles. The predicted molar refractivity (Wildman–Crippen MR) is 175 cm³/mol. The number of fused-ring (bicyclic) bond motifs is 1. The molecule has 0 bridgehead atoms. The number of pyridine rings is 1. The van der Waals surface area contributed by atoms with Crippen LogP contribution < -0.4 is 10.3 Å². The number of hydrogen-bond donors (Lipinski definition) is 0. The minimum Gasteiger partial charge on any atom is -0.496 e. The van der Waals surface area contributed by atoms with Crippen molar-refractivity contribution in [2.45, 2.75) is 73.5 Å². The maximum absolute atomic E-state index is 12.4. The van der Waals surface area contributed by atoms with Crippen LogP contribution in [0, 0.1) is 13.8 Å². The van der Waals surface area contributed by atoms with Gasteiger partial charge in [0.1, 0.15) is 5.75 Å². The Bertz CT molecular complexity index is 1420. The molecule has 7 heteroatoms. The molecule has 1 saturated heterocycles. The van der Waals surface area contributed by atoms with Gasteiger partial charge >= 0.3 is 0 Å². The number of aromatic nitrogens is 1. The Morgan fingerprint density at radius 3 is 2.26 bits per heavy atom. The number of benzene rings is 2. The summed E-state index contributed by atoms with van der Waals surface area (Å²) in [5.74, 6) is 0.932. The van der Waals surface area contributed by atoms with Crippen LogP contribution in [0.15, 0.2) is 41.3 Å². The third-order valence-corrected chi connectivity index (χ3v) is 9.26. The highest BCUT2D eigenvalue weighted by atomic mass is 16.5. The van der Waals surface area contributed by atoms with Gasteiger partial charge < -0.3 is 14.1 Å². The molecule has 5 rings (SSSR count). The molecule has 1 aromatic heterocycles. The van der Waals surface area contributed by atoms with Crippen molar-refractivity contribution in [3.63, 3.8) is 0 Å². The summed E-state index contributed by atoms with van der Waals surface area (Å²) in [6.45, 7) is 19.4. The number of nitrogens with zero attached hydrogens (tertiary/aromatic N) is 4. The van der Waals surface area contributed by atoms with E-state index in [4.69, 9.17) is 12.7 Å². The van der Waals surface area contributed by atoms with E-state index in [-0.39, 0.29) is 11.6 Å². The van der Waals surface area contributed by atoms with E-state index in [1.807, 2.05) is 45.8 Å². The van der Waals surface area contributed by atoms with Gasteiger partial charge in [-0.15, -0.1) is 0 Å². The van der Waals surface area contributed by atoms with Gasteiger partial charge in [0, 0.05) is 75.2 Å². The Morgan fingerprint density at radius 1 is 0.952 bits per heavy atom. The van der Waals surface area contributed by atoms with Crippen molar-refractivity contribution in [1.82, 2.24) is 19.2 Å². The van der Waals surface area contributed by atoms with Gasteiger partial charge in [-0.25, -0.2) is 0 Å². The van der Waals surface area contributed by atoms with Crippen molar-refractivity contribution >= 4 is 7.98 Å². The first-order valence-electron chi connectivity index (χ1n) is 15.7. The van der Waals surface area contributed by atoms with Crippen molar-refractivity contribution in [1.29, 1.82) is 0 Å². The van der Waals surface area contributed by atoms with Crippen LogP contribution in [0.5, 0.6) is 5.75 Å². The van der Waals surface area contributed by atoms with E-state index in [1.165, 1.54) is 27.8 Å². The molecule has 0 aliphatic carbocycles. The quantitative estimate of drug-likeness (QED) is 0.348. The van der Waals surface area contributed by atoms with Gasteiger partial charge in [-0.05, 0) is 79.6 Å². The minimum absolute atomic E-state index is 0.0589. The SMILES string of the molecule is CC.[B]N1CCc2c(CN3CCN(Cc4c(CC)cc(-c5cn(C)c(=O)c(C)c5C)cc4OC)CC3)cccc2C1C. The third-order valence-electron chi connectivity index (χ3n) is 9.26. The van der Waals surface area contributed by atoms with E-state index in [2.05, 4.69) is 54.0 Å². The largest absolute Gasteiger partial charge is 0.496 e. The lowest BCUT2D eigenvalue weighted by Gasteiger charge is -2.37. The van der Waals surface area contributed by atoms with Gasteiger partial charge in [0.25, 0.3) is 5.56 Å². The normalized spacial score (nSPS) is 17.9. The summed E-state index contributed by atoms with van der Waals surface area (Å²) in [6, 6.07) is 11.5. The maximum atomic E-state index is 12.4. The van der Waals surface area contributed by atoms with Crippen molar-refractivity contribution in [3.05, 3.63) is 85.8 Å². The van der Waals surface area contributed by atoms with Crippen molar-refractivity contribution in [2.75, 3.05) is 39.8 Å². The average molecular weight is 569 g/mol. The Morgan fingerprint density at radius 2 is 1.62 bits per heavy atom. The topological polar surface area (TPSA) is 41.0 Å². The van der Waals surface area contributed by atoms with Gasteiger partial charge in [-0.1, -0.05) is 45.0 Å². The number of rotatable bonds is 7. The fraction of sp³-hybridized carbons (Fsp3) is 0.514. The zero-order chi connectivity index (χ0) is 30.6. The van der Waals surface area contributed by atoms with Crippen LogP contribution in [0.2, 0.25) is 0 Å². The van der Waals surface area contributed by atoms with Gasteiger partial charge in [-0.2, -0.15) is 0 Å². The lowest BCUT2D eigenvalue weighted by Crippen LogP contribution is -2.45. The Hall–Kier alpha value is -2.87. The number of methoxy groups -OCH3 is 1. The Balaban J connectivity index is 0.00000198. The molecule has 2 radical (unpaired) electrons. The molecule has 0 N–H and O–H groups in total. The summed E-state index contributed by atoms with van der Waals surface area (Å²) in [5, 5.41) is 0. The van der Waals surface area contributed by atoms with E-state index in [0.717, 1.165) is 86.7 Å². The van der Waals surface area contributed by atoms with E-state index < -0.39 is 0 Å². The summed E-state index contributed by atoms with van der Waals surface area (Å²) >= 11 is 0. The fourth-order valence-corrected chi connectivity index (χ4v) is 6.48. The van der Waals surface area contributed by atoms with Crippen LogP contribution in [0.1, 0.15) is 72.7 Å². The molecular formula is C35H49BN4O2. The van der Waals surface area contributed by atoms with Gasteiger partial charge in [0.15, 0.2) is 7.98 Å². The molecule has 2 aliphatic heterocycles.